The molecule has 1 fully saturated rings. The fourth-order valence-electron chi connectivity index (χ4n) is 2.09. The van der Waals surface area contributed by atoms with Crippen LogP contribution in [0.4, 0.5) is 10.5 Å². The van der Waals surface area contributed by atoms with Crippen molar-refractivity contribution >= 4 is 11.8 Å². The Balaban J connectivity index is 2.07. The Kier molecular flexibility index (Phi) is 4.18. The van der Waals surface area contributed by atoms with Crippen LogP contribution in [-0.2, 0) is 11.2 Å². The van der Waals surface area contributed by atoms with Crippen molar-refractivity contribution in [3.05, 3.63) is 23.8 Å². The van der Waals surface area contributed by atoms with E-state index in [9.17, 15) is 9.90 Å². The van der Waals surface area contributed by atoms with E-state index in [0.29, 0.717) is 11.6 Å². The van der Waals surface area contributed by atoms with E-state index < -0.39 is 11.7 Å². The summed E-state index contributed by atoms with van der Waals surface area (Å²) < 4.78 is 5.25. The van der Waals surface area contributed by atoms with Gasteiger partial charge in [0.05, 0.1) is 0 Å². The molecule has 1 saturated heterocycles. The summed E-state index contributed by atoms with van der Waals surface area (Å²) in [6, 6.07) is 4.97. The molecule has 0 radical (unpaired) electrons. The lowest BCUT2D eigenvalue weighted by Gasteiger charge is -2.28. The number of phenolic OH excluding ortho intramolecular Hbond substituents is 1. The average Bonchev–Trinajstić information content (AvgIpc) is 2.24. The van der Waals surface area contributed by atoms with E-state index in [1.807, 2.05) is 20.8 Å². The van der Waals surface area contributed by atoms with Crippen molar-refractivity contribution in [3.8, 4) is 5.75 Å². The second-order valence-corrected chi connectivity index (χ2v) is 6.20. The van der Waals surface area contributed by atoms with Gasteiger partial charge < -0.3 is 15.2 Å². The molecule has 0 unspecified atom stereocenters. The van der Waals surface area contributed by atoms with Crippen molar-refractivity contribution in [2.75, 3.05) is 18.4 Å². The van der Waals surface area contributed by atoms with Gasteiger partial charge in [-0.3, -0.25) is 5.32 Å². The van der Waals surface area contributed by atoms with Crippen LogP contribution >= 0.6 is 0 Å². The van der Waals surface area contributed by atoms with E-state index in [-0.39, 0.29) is 5.75 Å². The van der Waals surface area contributed by atoms with Gasteiger partial charge in [0.2, 0.25) is 0 Å². The van der Waals surface area contributed by atoms with Crippen molar-refractivity contribution in [2.45, 2.75) is 32.8 Å². The van der Waals surface area contributed by atoms with E-state index in [2.05, 4.69) is 10.6 Å². The third-order valence-electron chi connectivity index (χ3n) is 3.10. The zero-order valence-electron chi connectivity index (χ0n) is 12.2. The molecule has 0 spiro atoms. The number of carbonyl (C=O) groups excluding carboxylic acids is 1. The molecule has 5 nitrogen and oxygen atoms in total. The molecule has 0 saturated carbocycles. The van der Waals surface area contributed by atoms with Crippen molar-refractivity contribution < 1.29 is 14.6 Å². The highest BCUT2D eigenvalue weighted by Crippen LogP contribution is 2.25. The number of benzene rings is 1. The third-order valence-corrected chi connectivity index (χ3v) is 3.10. The van der Waals surface area contributed by atoms with E-state index in [4.69, 9.17) is 4.74 Å². The molecule has 1 aliphatic rings. The number of aromatic hydroxyl groups is 1. The summed E-state index contributed by atoms with van der Waals surface area (Å²) in [5.74, 6) is 0.762. The van der Waals surface area contributed by atoms with Crippen LogP contribution in [0.2, 0.25) is 0 Å². The number of rotatable bonds is 3. The van der Waals surface area contributed by atoms with Crippen LogP contribution < -0.4 is 10.6 Å². The Labute approximate surface area is 119 Å². The molecule has 2 rings (SSSR count). The lowest BCUT2D eigenvalue weighted by molar-refractivity contribution is 0.0635. The maximum atomic E-state index is 11.8. The van der Waals surface area contributed by atoms with Crippen LogP contribution in [0.15, 0.2) is 18.2 Å². The molecule has 0 atom stereocenters. The van der Waals surface area contributed by atoms with Crippen molar-refractivity contribution in [1.82, 2.24) is 5.32 Å². The quantitative estimate of drug-likeness (QED) is 0.743. The Morgan fingerprint density at radius 1 is 1.45 bits per heavy atom. The van der Waals surface area contributed by atoms with E-state index in [0.717, 1.165) is 25.1 Å². The van der Waals surface area contributed by atoms with E-state index >= 15 is 0 Å². The van der Waals surface area contributed by atoms with Crippen molar-refractivity contribution in [1.29, 1.82) is 0 Å². The molecule has 5 heteroatoms. The second-order valence-electron chi connectivity index (χ2n) is 6.20. The first-order chi connectivity index (χ1) is 9.33. The summed E-state index contributed by atoms with van der Waals surface area (Å²) >= 11 is 0. The molecule has 20 heavy (non-hydrogen) atoms. The lowest BCUT2D eigenvalue weighted by atomic mass is 9.93. The Morgan fingerprint density at radius 2 is 2.15 bits per heavy atom. The third kappa shape index (κ3) is 4.13. The molecule has 1 aromatic carbocycles. The van der Waals surface area contributed by atoms with Gasteiger partial charge in [-0.05, 0) is 70.0 Å². The molecule has 110 valence electrons. The van der Waals surface area contributed by atoms with Gasteiger partial charge in [0.15, 0.2) is 0 Å². The smallest absolute Gasteiger partial charge is 0.412 e. The molecular formula is C15H22N2O3. The molecule has 3 N–H and O–H groups in total. The van der Waals surface area contributed by atoms with Crippen LogP contribution in [0.5, 0.6) is 5.75 Å². The number of carbonyl (C=O) groups is 1. The minimum atomic E-state index is -0.529. The highest BCUT2D eigenvalue weighted by Gasteiger charge is 2.21. The Hall–Kier alpha value is -1.75. The molecule has 0 bridgehead atoms. The predicted octanol–water partition coefficient (Wildman–Crippen LogP) is 2.50. The van der Waals surface area contributed by atoms with Gasteiger partial charge in [-0.2, -0.15) is 0 Å². The average molecular weight is 278 g/mol. The van der Waals surface area contributed by atoms with Gasteiger partial charge in [-0.1, -0.05) is 0 Å². The zero-order valence-corrected chi connectivity index (χ0v) is 12.2. The van der Waals surface area contributed by atoms with Crippen LogP contribution in [0.1, 0.15) is 26.3 Å². The summed E-state index contributed by atoms with van der Waals surface area (Å²) in [5, 5.41) is 15.6. The van der Waals surface area contributed by atoms with Crippen molar-refractivity contribution in [2.24, 2.45) is 5.92 Å². The van der Waals surface area contributed by atoms with E-state index in [1.165, 1.54) is 0 Å². The summed E-state index contributed by atoms with van der Waals surface area (Å²) in [7, 11) is 0. The van der Waals surface area contributed by atoms with E-state index in [1.54, 1.807) is 18.2 Å². The molecule has 1 aliphatic heterocycles. The normalized spacial score (nSPS) is 15.6. The van der Waals surface area contributed by atoms with Gasteiger partial charge in [-0.15, -0.1) is 0 Å². The van der Waals surface area contributed by atoms with Gasteiger partial charge in [0, 0.05) is 5.69 Å². The number of anilines is 1. The summed E-state index contributed by atoms with van der Waals surface area (Å²) in [5.41, 5.74) is 1.10. The summed E-state index contributed by atoms with van der Waals surface area (Å²) in [6.07, 6.45) is 0.350. The summed E-state index contributed by atoms with van der Waals surface area (Å²) in [6.45, 7) is 7.42. The van der Waals surface area contributed by atoms with Gasteiger partial charge >= 0.3 is 6.09 Å². The highest BCUT2D eigenvalue weighted by atomic mass is 16.6. The Morgan fingerprint density at radius 3 is 2.70 bits per heavy atom. The van der Waals surface area contributed by atoms with Crippen LogP contribution in [0.25, 0.3) is 0 Å². The number of nitrogens with one attached hydrogen (secondary N) is 2. The minimum absolute atomic E-state index is 0.210. The number of hydrogen-bond donors (Lipinski definition) is 3. The largest absolute Gasteiger partial charge is 0.508 e. The molecule has 0 aromatic heterocycles. The minimum Gasteiger partial charge on any atom is -0.508 e. The number of hydrogen-bond acceptors (Lipinski definition) is 4. The number of amides is 1. The highest BCUT2D eigenvalue weighted by molar-refractivity contribution is 5.86. The van der Waals surface area contributed by atoms with Crippen LogP contribution in [0, 0.1) is 5.92 Å². The molecule has 0 aliphatic carbocycles. The number of phenols is 1. The van der Waals surface area contributed by atoms with Crippen LogP contribution in [-0.4, -0.2) is 29.9 Å². The van der Waals surface area contributed by atoms with Crippen molar-refractivity contribution in [3.63, 3.8) is 0 Å². The molecule has 1 amide bonds. The molecular weight excluding hydrogens is 256 g/mol. The predicted molar refractivity (Wildman–Crippen MR) is 78.0 cm³/mol. The summed E-state index contributed by atoms with van der Waals surface area (Å²) in [4.78, 5) is 11.8. The maximum Gasteiger partial charge on any atom is 0.412 e. The van der Waals surface area contributed by atoms with Crippen LogP contribution in [0.3, 0.4) is 0 Å². The monoisotopic (exact) mass is 278 g/mol. The first kappa shape index (κ1) is 14.7. The fraction of sp³-hybridized carbons (Fsp3) is 0.533. The second kappa shape index (κ2) is 5.71. The maximum absolute atomic E-state index is 11.8. The lowest BCUT2D eigenvalue weighted by Crippen LogP contribution is -2.43. The molecule has 1 heterocycles. The SMILES string of the molecule is CC(C)(C)OC(=O)Nc1ccc(O)cc1CC1CNC1. The first-order valence-electron chi connectivity index (χ1n) is 6.86. The Bertz CT molecular complexity index is 490. The first-order valence-corrected chi connectivity index (χ1v) is 6.86. The van der Waals surface area contributed by atoms with Gasteiger partial charge in [-0.25, -0.2) is 4.79 Å². The fourth-order valence-corrected chi connectivity index (χ4v) is 2.09. The number of ether oxygens (including phenoxy) is 1. The zero-order chi connectivity index (χ0) is 14.8. The standard InChI is InChI=1S/C15H22N2O3/c1-15(2,3)20-14(19)17-13-5-4-12(18)7-11(13)6-10-8-16-9-10/h4-5,7,10,16,18H,6,8-9H2,1-3H3,(H,17,19). The molecule has 1 aromatic rings. The van der Waals surface area contributed by atoms with Gasteiger partial charge in [0.25, 0.3) is 0 Å². The van der Waals surface area contributed by atoms with Gasteiger partial charge in [0.1, 0.15) is 11.4 Å². The topological polar surface area (TPSA) is 70.6 Å².